The number of carboxylic acids is 1. The fraction of sp³-hybridized carbons (Fsp3) is 0.318. The van der Waals surface area contributed by atoms with Crippen molar-refractivity contribution >= 4 is 25.1 Å². The Labute approximate surface area is 167 Å². The molecule has 1 aliphatic heterocycles. The lowest BCUT2D eigenvalue weighted by Gasteiger charge is -2.33. The summed E-state index contributed by atoms with van der Waals surface area (Å²) in [5, 5.41) is 10.2. The molecule has 0 radical (unpaired) electrons. The van der Waals surface area contributed by atoms with E-state index in [1.807, 2.05) is 96.9 Å². The molecule has 0 saturated carbocycles. The Kier molecular flexibility index (Phi) is 5.78. The van der Waals surface area contributed by atoms with Crippen LogP contribution in [-0.2, 0) is 4.79 Å². The molecule has 0 spiro atoms. The summed E-state index contributed by atoms with van der Waals surface area (Å²) in [6, 6.07) is 19.5. The van der Waals surface area contributed by atoms with Crippen molar-refractivity contribution in [1.29, 1.82) is 0 Å². The van der Waals surface area contributed by atoms with E-state index in [-0.39, 0.29) is 11.8 Å². The average molecular weight is 399 g/mol. The van der Waals surface area contributed by atoms with Crippen molar-refractivity contribution in [2.24, 2.45) is 5.41 Å². The Hall–Kier alpha value is -2.36. The Morgan fingerprint density at radius 2 is 1.39 bits per heavy atom. The molecule has 0 unspecified atom stereocenters. The smallest absolute Gasteiger partial charge is 0.362 e. The Morgan fingerprint density at radius 3 is 1.75 bits per heavy atom. The highest BCUT2D eigenvalue weighted by molar-refractivity contribution is 7.77. The van der Waals surface area contributed by atoms with Crippen molar-refractivity contribution in [3.05, 3.63) is 72.1 Å². The Bertz CT molecular complexity index is 800. The van der Waals surface area contributed by atoms with Crippen LogP contribution >= 0.6 is 7.79 Å². The molecule has 6 heteroatoms. The van der Waals surface area contributed by atoms with E-state index in [0.29, 0.717) is 18.4 Å². The maximum Gasteiger partial charge on any atom is 0.362 e. The van der Waals surface area contributed by atoms with Gasteiger partial charge in [-0.2, -0.15) is 14.2 Å². The average Bonchev–Trinajstić information content (AvgIpc) is 2.99. The minimum absolute atomic E-state index is 0.186. The molecule has 3 rings (SSSR count). The first-order valence-corrected chi connectivity index (χ1v) is 11.1. The van der Waals surface area contributed by atoms with E-state index in [9.17, 15) is 14.8 Å². The number of carboxylic acid groups (broad SMARTS) is 1. The van der Waals surface area contributed by atoms with Gasteiger partial charge in [0.25, 0.3) is 0 Å². The first kappa shape index (κ1) is 20.4. The Morgan fingerprint density at radius 1 is 0.964 bits per heavy atom. The minimum atomic E-state index is -3.10. The summed E-state index contributed by atoms with van der Waals surface area (Å²) in [5.41, 5.74) is 1.55. The van der Waals surface area contributed by atoms with Gasteiger partial charge in [-0.05, 0) is 35.8 Å². The molecule has 1 heterocycles. The molecule has 28 heavy (non-hydrogen) atoms. The second-order valence-electron chi connectivity index (χ2n) is 8.06. The quantitative estimate of drug-likeness (QED) is 0.679. The summed E-state index contributed by atoms with van der Waals surface area (Å²) in [5.74, 6) is -0.933. The summed E-state index contributed by atoms with van der Waals surface area (Å²) in [6.07, 6.45) is 1.75. The van der Waals surface area contributed by atoms with Crippen LogP contribution in [0.4, 0.5) is 11.4 Å². The lowest BCUT2D eigenvalue weighted by molar-refractivity contribution is -0.136. The standard InChI is InChI=1S/C22H27N2O3P/c1-22(2,3)17-20(16-21(25)26)28(27)23(18-10-6-4-7-11-18)14-15-24(28)19-12-8-5-9-13-19/h4-13,17,27H,14-16H2,1-3H3/p+1. The van der Waals surface area contributed by atoms with Crippen molar-refractivity contribution in [2.75, 3.05) is 22.4 Å². The monoisotopic (exact) mass is 399 g/mol. The summed E-state index contributed by atoms with van der Waals surface area (Å²) >= 11 is 0. The second-order valence-corrected chi connectivity index (χ2v) is 10.7. The molecule has 0 aromatic heterocycles. The van der Waals surface area contributed by atoms with Gasteiger partial charge in [0, 0.05) is 0 Å². The number of allylic oxidation sites excluding steroid dienone is 1. The topological polar surface area (TPSA) is 64.0 Å². The molecule has 2 aromatic carbocycles. The van der Waals surface area contributed by atoms with E-state index in [4.69, 9.17) is 0 Å². The van der Waals surface area contributed by atoms with Gasteiger partial charge in [0.1, 0.15) is 6.42 Å². The van der Waals surface area contributed by atoms with Gasteiger partial charge < -0.3 is 5.11 Å². The largest absolute Gasteiger partial charge is 0.481 e. The van der Waals surface area contributed by atoms with Gasteiger partial charge in [-0.15, -0.1) is 0 Å². The van der Waals surface area contributed by atoms with Crippen LogP contribution in [0.1, 0.15) is 27.2 Å². The fourth-order valence-electron chi connectivity index (χ4n) is 3.59. The van der Waals surface area contributed by atoms with Gasteiger partial charge in [-0.25, -0.2) is 0 Å². The molecule has 0 bridgehead atoms. The number of anilines is 2. The van der Waals surface area contributed by atoms with E-state index in [2.05, 4.69) is 0 Å². The molecule has 2 aromatic rings. The van der Waals surface area contributed by atoms with Crippen LogP contribution in [-0.4, -0.2) is 29.1 Å². The zero-order valence-electron chi connectivity index (χ0n) is 16.6. The van der Waals surface area contributed by atoms with Crippen LogP contribution < -0.4 is 9.34 Å². The van der Waals surface area contributed by atoms with Gasteiger partial charge >= 0.3 is 13.8 Å². The molecule has 1 fully saturated rings. The molecule has 1 saturated heterocycles. The maximum absolute atomic E-state index is 12.2. The summed E-state index contributed by atoms with van der Waals surface area (Å²) in [4.78, 5) is 23.9. The molecule has 148 valence electrons. The predicted octanol–water partition coefficient (Wildman–Crippen LogP) is 5.17. The molecule has 2 N–H and O–H groups in total. The third kappa shape index (κ3) is 4.21. The van der Waals surface area contributed by atoms with Crippen LogP contribution in [0.2, 0.25) is 0 Å². The number of para-hydroxylation sites is 2. The molecule has 0 atom stereocenters. The number of hydrogen-bond donors (Lipinski definition) is 2. The predicted molar refractivity (Wildman–Crippen MR) is 117 cm³/mol. The van der Waals surface area contributed by atoms with E-state index >= 15 is 0 Å². The molecule has 0 amide bonds. The van der Waals surface area contributed by atoms with Gasteiger partial charge in [0.05, 0.1) is 24.5 Å². The van der Waals surface area contributed by atoms with E-state index in [1.54, 1.807) is 0 Å². The molecule has 5 nitrogen and oxygen atoms in total. The number of nitrogens with zero attached hydrogens (tertiary/aromatic N) is 2. The first-order valence-electron chi connectivity index (χ1n) is 9.44. The summed E-state index contributed by atoms with van der Waals surface area (Å²) < 4.78 is 4.00. The van der Waals surface area contributed by atoms with Crippen molar-refractivity contribution in [2.45, 2.75) is 27.2 Å². The summed E-state index contributed by atoms with van der Waals surface area (Å²) in [6.45, 7) is 7.33. The maximum atomic E-state index is 12.2. The fourth-order valence-corrected chi connectivity index (χ4v) is 7.02. The zero-order chi connectivity index (χ0) is 20.4. The first-order chi connectivity index (χ1) is 13.2. The SMILES string of the molecule is CC(C)(C)C=C(CC(=O)O)[P+]1(O)N(c2ccccc2)CCN1c1ccccc1. The third-order valence-corrected chi connectivity index (χ3v) is 7.89. The molecular formula is C22H28N2O3P+. The Balaban J connectivity index is 2.18. The highest BCUT2D eigenvalue weighted by Gasteiger charge is 2.59. The van der Waals surface area contributed by atoms with Crippen LogP contribution in [0, 0.1) is 5.41 Å². The van der Waals surface area contributed by atoms with Crippen LogP contribution in [0.15, 0.2) is 72.1 Å². The lowest BCUT2D eigenvalue weighted by Crippen LogP contribution is -2.27. The molecular weight excluding hydrogens is 371 g/mol. The lowest BCUT2D eigenvalue weighted by atomic mass is 9.96. The van der Waals surface area contributed by atoms with Crippen molar-refractivity contribution < 1.29 is 14.8 Å². The second kappa shape index (κ2) is 7.94. The number of aliphatic carboxylic acids is 1. The van der Waals surface area contributed by atoms with Crippen LogP contribution in [0.25, 0.3) is 0 Å². The van der Waals surface area contributed by atoms with Gasteiger partial charge in [-0.1, -0.05) is 57.2 Å². The van der Waals surface area contributed by atoms with Crippen molar-refractivity contribution in [3.8, 4) is 0 Å². The van der Waals surface area contributed by atoms with Crippen molar-refractivity contribution in [1.82, 2.24) is 0 Å². The van der Waals surface area contributed by atoms with Crippen LogP contribution in [0.3, 0.4) is 0 Å². The van der Waals surface area contributed by atoms with Gasteiger partial charge in [0.15, 0.2) is 5.31 Å². The van der Waals surface area contributed by atoms with E-state index in [1.165, 1.54) is 0 Å². The van der Waals surface area contributed by atoms with Crippen LogP contribution in [0.5, 0.6) is 0 Å². The minimum Gasteiger partial charge on any atom is -0.481 e. The highest BCUT2D eigenvalue weighted by Crippen LogP contribution is 2.73. The third-order valence-electron chi connectivity index (χ3n) is 4.62. The van der Waals surface area contributed by atoms with Gasteiger partial charge in [0.2, 0.25) is 0 Å². The number of rotatable bonds is 5. The summed E-state index contributed by atoms with van der Waals surface area (Å²) in [7, 11) is -3.10. The highest BCUT2D eigenvalue weighted by atomic mass is 31.2. The zero-order valence-corrected chi connectivity index (χ0v) is 17.5. The number of benzene rings is 2. The normalized spacial score (nSPS) is 17.1. The number of hydrogen-bond acceptors (Lipinski definition) is 4. The molecule has 0 aliphatic carbocycles. The van der Waals surface area contributed by atoms with Crippen molar-refractivity contribution in [3.63, 3.8) is 0 Å². The molecule has 1 aliphatic rings. The number of carbonyl (C=O) groups is 1. The van der Waals surface area contributed by atoms with E-state index < -0.39 is 13.8 Å². The van der Waals surface area contributed by atoms with E-state index in [0.717, 1.165) is 11.4 Å². The van der Waals surface area contributed by atoms with Gasteiger partial charge in [-0.3, -0.25) is 4.79 Å².